The molecule has 15 aromatic carbocycles. The number of aryl methyl sites for hydroxylation is 4. The number of aromatic nitrogens is 2. The fourth-order valence-electron chi connectivity index (χ4n) is 17.3. The molecule has 0 unspecified atom stereocenters. The molecule has 100 heavy (non-hydrogen) atoms. The van der Waals surface area contributed by atoms with Gasteiger partial charge >= 0.3 is 0 Å². The topological polar surface area (TPSA) is 41.6 Å². The van der Waals surface area contributed by atoms with E-state index in [2.05, 4.69) is 350 Å². The standard InChI is InChI=1S/C94H62N4O2/c1-55-25-17-19-35-65(55)71-39-23-41-73-75-49-45-57(3)85(93(75)99-91(71)73)95(61-31-13-7-14-32-61)63-47-51-67-69-37-21-43-77-83-82(60-29-11-6-12-30-60)90-84(81(59-27-9-5-10-28-59)89(83)97(87(69)77)79(67)53-63)78-44-22-38-70-68-52-48-64(54-80(68)98(90)88(70)78)96(62-33-15-8-16-34-62)86-58(4)46-50-76-74-42-24-40-72(92(74)100-94(76)86)66-36-20-18-26-56(66)2/h5-54H,1-4H3. The van der Waals surface area contributed by atoms with E-state index < -0.39 is 0 Å². The van der Waals surface area contributed by atoms with Gasteiger partial charge in [-0.2, -0.15) is 0 Å². The summed E-state index contributed by atoms with van der Waals surface area (Å²) < 4.78 is 20.0. The molecule has 0 fully saturated rings. The molecule has 0 amide bonds. The van der Waals surface area contributed by atoms with E-state index in [1.807, 2.05) is 0 Å². The number of para-hydroxylation sites is 6. The third kappa shape index (κ3) is 7.84. The van der Waals surface area contributed by atoms with Crippen molar-refractivity contribution in [3.8, 4) is 44.5 Å². The summed E-state index contributed by atoms with van der Waals surface area (Å²) in [5.74, 6) is 0. The van der Waals surface area contributed by atoms with Crippen molar-refractivity contribution < 1.29 is 8.83 Å². The van der Waals surface area contributed by atoms with E-state index in [1.165, 1.54) is 98.5 Å². The van der Waals surface area contributed by atoms with Crippen molar-refractivity contribution in [3.05, 3.63) is 326 Å². The Kier molecular flexibility index (Phi) is 12.0. The van der Waals surface area contributed by atoms with Crippen LogP contribution in [-0.4, -0.2) is 8.80 Å². The minimum Gasteiger partial charge on any atom is -0.453 e. The van der Waals surface area contributed by atoms with Gasteiger partial charge in [-0.25, -0.2) is 0 Å². The maximum Gasteiger partial charge on any atom is 0.159 e. The summed E-state index contributed by atoms with van der Waals surface area (Å²) in [5, 5.41) is 14.0. The van der Waals surface area contributed by atoms with Gasteiger partial charge in [-0.05, 0) is 121 Å². The lowest BCUT2D eigenvalue weighted by molar-refractivity contribution is 0.669. The summed E-state index contributed by atoms with van der Waals surface area (Å²) in [5.41, 5.74) is 30.5. The van der Waals surface area contributed by atoms with Gasteiger partial charge in [0.15, 0.2) is 11.2 Å². The maximum atomic E-state index is 7.35. The van der Waals surface area contributed by atoms with Gasteiger partial charge in [0, 0.05) is 110 Å². The second-order valence-electron chi connectivity index (χ2n) is 27.2. The van der Waals surface area contributed by atoms with Crippen molar-refractivity contribution in [1.82, 2.24) is 8.80 Å². The molecule has 6 heteroatoms. The fourth-order valence-corrected chi connectivity index (χ4v) is 17.3. The van der Waals surface area contributed by atoms with Crippen molar-refractivity contribution in [2.24, 2.45) is 0 Å². The number of nitrogens with zero attached hydrogens (tertiary/aromatic N) is 4. The molecule has 0 aliphatic rings. The predicted octanol–water partition coefficient (Wildman–Crippen LogP) is 26.6. The molecular weight excluding hydrogens is 1220 g/mol. The SMILES string of the molecule is Cc1ccccc1-c1cccc2c1oc1c(N(c3ccccc3)c3ccc4c5cccc6c7c(-c8ccccc8)c8c(c(-c9ccccc9)c7n(c4c3)c56)c3cccc4c5ccc(N(c6ccccc6)c6c(C)ccc7c6oc6c(-c9ccccc9C)cccc67)cc5n8c43)c(C)ccc12. The second-order valence-corrected chi connectivity index (χ2v) is 27.2. The summed E-state index contributed by atoms with van der Waals surface area (Å²) in [6, 6.07) is 112. The molecule has 21 rings (SSSR count). The summed E-state index contributed by atoms with van der Waals surface area (Å²) >= 11 is 0. The van der Waals surface area contributed by atoms with Crippen LogP contribution >= 0.6 is 0 Å². The highest BCUT2D eigenvalue weighted by molar-refractivity contribution is 6.38. The lowest BCUT2D eigenvalue weighted by Crippen LogP contribution is -2.11. The molecule has 0 saturated heterocycles. The molecule has 0 N–H and O–H groups in total. The highest BCUT2D eigenvalue weighted by atomic mass is 16.3. The molecule has 0 bridgehead atoms. The normalized spacial score (nSPS) is 12.2. The van der Waals surface area contributed by atoms with Crippen molar-refractivity contribution in [2.75, 3.05) is 9.80 Å². The molecule has 0 aliphatic heterocycles. The van der Waals surface area contributed by atoms with Crippen molar-refractivity contribution in [2.45, 2.75) is 27.7 Å². The molecule has 0 atom stereocenters. The van der Waals surface area contributed by atoms with E-state index in [1.54, 1.807) is 0 Å². The van der Waals surface area contributed by atoms with Gasteiger partial charge in [0.1, 0.15) is 11.2 Å². The van der Waals surface area contributed by atoms with Crippen LogP contribution in [0.1, 0.15) is 22.3 Å². The number of fused-ring (bicyclic) bond motifs is 18. The van der Waals surface area contributed by atoms with E-state index in [0.717, 1.165) is 122 Å². The molecular formula is C94H62N4O2. The van der Waals surface area contributed by atoms with Gasteiger partial charge in [-0.3, -0.25) is 0 Å². The number of hydrogen-bond acceptors (Lipinski definition) is 4. The van der Waals surface area contributed by atoms with Gasteiger partial charge in [-0.1, -0.05) is 255 Å². The minimum atomic E-state index is 0.851. The van der Waals surface area contributed by atoms with Crippen LogP contribution in [0.2, 0.25) is 0 Å². The van der Waals surface area contributed by atoms with E-state index >= 15 is 0 Å². The summed E-state index contributed by atoms with van der Waals surface area (Å²) in [4.78, 5) is 4.86. The lowest BCUT2D eigenvalue weighted by atomic mass is 9.89. The van der Waals surface area contributed by atoms with E-state index in [0.29, 0.717) is 0 Å². The summed E-state index contributed by atoms with van der Waals surface area (Å²) in [6.45, 7) is 8.80. The Morgan fingerprint density at radius 2 is 0.580 bits per heavy atom. The predicted molar refractivity (Wildman–Crippen MR) is 420 cm³/mol. The number of rotatable bonds is 10. The molecule has 0 radical (unpaired) electrons. The van der Waals surface area contributed by atoms with Gasteiger partial charge in [0.25, 0.3) is 0 Å². The van der Waals surface area contributed by atoms with Crippen LogP contribution < -0.4 is 9.80 Å². The highest BCUT2D eigenvalue weighted by Gasteiger charge is 2.33. The Balaban J connectivity index is 0.863. The first kappa shape index (κ1) is 56.3. The molecule has 0 spiro atoms. The van der Waals surface area contributed by atoms with Crippen LogP contribution in [0.25, 0.3) is 165 Å². The number of benzene rings is 15. The zero-order valence-corrected chi connectivity index (χ0v) is 55.5. The number of hydrogen-bond donors (Lipinski definition) is 0. The zero-order valence-electron chi connectivity index (χ0n) is 55.5. The van der Waals surface area contributed by atoms with Gasteiger partial charge < -0.3 is 27.4 Å². The van der Waals surface area contributed by atoms with Crippen LogP contribution in [0.5, 0.6) is 0 Å². The maximum absolute atomic E-state index is 7.35. The molecule has 0 saturated carbocycles. The van der Waals surface area contributed by atoms with Crippen LogP contribution in [0.15, 0.2) is 312 Å². The molecule has 0 aliphatic carbocycles. The van der Waals surface area contributed by atoms with Gasteiger partial charge in [0.05, 0.1) is 44.5 Å². The third-order valence-corrected chi connectivity index (χ3v) is 21.7. The summed E-state index contributed by atoms with van der Waals surface area (Å²) in [6.07, 6.45) is 0. The largest absolute Gasteiger partial charge is 0.453 e. The molecule has 6 aromatic heterocycles. The van der Waals surface area contributed by atoms with Crippen molar-refractivity contribution in [3.63, 3.8) is 0 Å². The quantitative estimate of drug-likeness (QED) is 0.137. The van der Waals surface area contributed by atoms with E-state index in [4.69, 9.17) is 8.83 Å². The Hall–Kier alpha value is -12.9. The van der Waals surface area contributed by atoms with Crippen LogP contribution in [0, 0.1) is 27.7 Å². The monoisotopic (exact) mass is 1280 g/mol. The van der Waals surface area contributed by atoms with Crippen molar-refractivity contribution >= 4 is 154 Å². The lowest BCUT2D eigenvalue weighted by Gasteiger charge is -2.27. The number of anilines is 6. The first-order valence-corrected chi connectivity index (χ1v) is 34.6. The fraction of sp³-hybridized carbons (Fsp3) is 0.0426. The molecule has 470 valence electrons. The first-order chi connectivity index (χ1) is 49.3. The smallest absolute Gasteiger partial charge is 0.159 e. The van der Waals surface area contributed by atoms with E-state index in [9.17, 15) is 0 Å². The average Bonchev–Trinajstić information content (AvgIpc) is 1.49. The molecule has 6 nitrogen and oxygen atoms in total. The van der Waals surface area contributed by atoms with Crippen LogP contribution in [-0.2, 0) is 0 Å². The van der Waals surface area contributed by atoms with E-state index in [-0.39, 0.29) is 0 Å². The minimum absolute atomic E-state index is 0.851. The van der Waals surface area contributed by atoms with Crippen LogP contribution in [0.4, 0.5) is 34.1 Å². The Bertz CT molecular complexity index is 6520. The first-order valence-electron chi connectivity index (χ1n) is 34.6. The Labute approximate surface area is 575 Å². The average molecular weight is 1280 g/mol. The number of furan rings is 2. The second kappa shape index (κ2) is 21.3. The summed E-state index contributed by atoms with van der Waals surface area (Å²) in [7, 11) is 0. The third-order valence-electron chi connectivity index (χ3n) is 21.7. The molecule has 6 heterocycles. The van der Waals surface area contributed by atoms with Crippen LogP contribution in [0.3, 0.4) is 0 Å². The van der Waals surface area contributed by atoms with Gasteiger partial charge in [0.2, 0.25) is 0 Å². The Morgan fingerprint density at radius 1 is 0.240 bits per heavy atom. The Morgan fingerprint density at radius 3 is 1.00 bits per heavy atom. The zero-order chi connectivity index (χ0) is 66.2. The molecule has 21 aromatic rings. The van der Waals surface area contributed by atoms with Gasteiger partial charge in [-0.15, -0.1) is 0 Å². The van der Waals surface area contributed by atoms with Crippen molar-refractivity contribution in [1.29, 1.82) is 0 Å². The highest BCUT2D eigenvalue weighted by Crippen LogP contribution is 2.56.